The van der Waals surface area contributed by atoms with E-state index in [4.69, 9.17) is 4.42 Å². The molecule has 1 aliphatic rings. The lowest BCUT2D eigenvalue weighted by Crippen LogP contribution is -2.13. The number of amides is 1. The van der Waals surface area contributed by atoms with Crippen LogP contribution in [0.2, 0.25) is 0 Å². The maximum Gasteiger partial charge on any atom is 0.243 e. The van der Waals surface area contributed by atoms with E-state index in [9.17, 15) is 4.79 Å². The molecule has 0 aromatic carbocycles. The second kappa shape index (κ2) is 3.93. The zero-order valence-corrected chi connectivity index (χ0v) is 8.99. The first-order valence-corrected chi connectivity index (χ1v) is 5.20. The van der Waals surface area contributed by atoms with E-state index < -0.39 is 0 Å². The Balaban J connectivity index is 2.01. The summed E-state index contributed by atoms with van der Waals surface area (Å²) in [4.78, 5) is 11.0. The van der Waals surface area contributed by atoms with Crippen LogP contribution in [-0.4, -0.2) is 13.0 Å². The second-order valence-corrected chi connectivity index (χ2v) is 4.01. The fourth-order valence-corrected chi connectivity index (χ4v) is 1.62. The average Bonchev–Trinajstić information content (AvgIpc) is 2.80. The molecule has 2 unspecified atom stereocenters. The number of furan rings is 1. The lowest BCUT2D eigenvalue weighted by atomic mass is 10.3. The van der Waals surface area contributed by atoms with Crippen LogP contribution in [-0.2, 0) is 4.79 Å². The molecule has 1 N–H and O–H groups in total. The van der Waals surface area contributed by atoms with Gasteiger partial charge in [0.1, 0.15) is 11.5 Å². The van der Waals surface area contributed by atoms with E-state index in [0.717, 1.165) is 17.4 Å². The van der Waals surface area contributed by atoms with E-state index in [2.05, 4.69) is 12.2 Å². The SMILES string of the molecule is CNC(=O)C=Cc1ccc(C2CC2C)o1. The van der Waals surface area contributed by atoms with Gasteiger partial charge in [0, 0.05) is 19.0 Å². The van der Waals surface area contributed by atoms with Gasteiger partial charge in [-0.25, -0.2) is 0 Å². The number of likely N-dealkylation sites (N-methyl/N-ethyl adjacent to an activating group) is 1. The topological polar surface area (TPSA) is 42.2 Å². The third-order valence-electron chi connectivity index (χ3n) is 2.77. The molecule has 15 heavy (non-hydrogen) atoms. The summed E-state index contributed by atoms with van der Waals surface area (Å²) in [5.41, 5.74) is 0. The van der Waals surface area contributed by atoms with Crippen LogP contribution in [0.3, 0.4) is 0 Å². The average molecular weight is 205 g/mol. The van der Waals surface area contributed by atoms with E-state index in [0.29, 0.717) is 5.92 Å². The highest BCUT2D eigenvalue weighted by molar-refractivity contribution is 5.91. The van der Waals surface area contributed by atoms with Crippen LogP contribution in [0, 0.1) is 5.92 Å². The van der Waals surface area contributed by atoms with Gasteiger partial charge >= 0.3 is 0 Å². The highest BCUT2D eigenvalue weighted by atomic mass is 16.3. The molecule has 2 rings (SSSR count). The van der Waals surface area contributed by atoms with Crippen molar-refractivity contribution in [2.75, 3.05) is 7.05 Å². The van der Waals surface area contributed by atoms with Crippen molar-refractivity contribution in [3.8, 4) is 0 Å². The second-order valence-electron chi connectivity index (χ2n) is 4.01. The van der Waals surface area contributed by atoms with Crippen LogP contribution in [0.25, 0.3) is 6.08 Å². The van der Waals surface area contributed by atoms with Gasteiger partial charge in [0.15, 0.2) is 0 Å². The van der Waals surface area contributed by atoms with Crippen LogP contribution in [0.1, 0.15) is 30.8 Å². The molecule has 1 heterocycles. The molecule has 1 aromatic heterocycles. The van der Waals surface area contributed by atoms with Crippen LogP contribution in [0.4, 0.5) is 0 Å². The molecule has 3 heteroatoms. The molecule has 3 nitrogen and oxygen atoms in total. The van der Waals surface area contributed by atoms with Crippen molar-refractivity contribution in [2.24, 2.45) is 5.92 Å². The van der Waals surface area contributed by atoms with Crippen LogP contribution in [0.15, 0.2) is 22.6 Å². The molecule has 0 radical (unpaired) electrons. The smallest absolute Gasteiger partial charge is 0.243 e. The molecule has 0 bridgehead atoms. The lowest BCUT2D eigenvalue weighted by Gasteiger charge is -1.91. The quantitative estimate of drug-likeness (QED) is 0.768. The third kappa shape index (κ3) is 2.29. The van der Waals surface area contributed by atoms with Crippen LogP contribution >= 0.6 is 0 Å². The number of rotatable bonds is 3. The minimum atomic E-state index is -0.118. The summed E-state index contributed by atoms with van der Waals surface area (Å²) < 4.78 is 5.61. The number of hydrogen-bond donors (Lipinski definition) is 1. The van der Waals surface area contributed by atoms with Crippen molar-refractivity contribution in [2.45, 2.75) is 19.3 Å². The molecule has 0 saturated heterocycles. The molecular formula is C12H15NO2. The summed E-state index contributed by atoms with van der Waals surface area (Å²) in [6.45, 7) is 2.22. The van der Waals surface area contributed by atoms with Gasteiger partial charge in [-0.2, -0.15) is 0 Å². The van der Waals surface area contributed by atoms with E-state index >= 15 is 0 Å². The first-order chi connectivity index (χ1) is 7.20. The molecule has 0 spiro atoms. The standard InChI is InChI=1S/C12H15NO2/c1-8-7-10(8)11-5-3-9(15-11)4-6-12(14)13-2/h3-6,8,10H,7H2,1-2H3,(H,13,14). The van der Waals surface area contributed by atoms with Gasteiger partial charge in [-0.3, -0.25) is 4.79 Å². The van der Waals surface area contributed by atoms with Gasteiger partial charge in [0.05, 0.1) is 0 Å². The molecule has 1 aromatic rings. The van der Waals surface area contributed by atoms with Crippen molar-refractivity contribution in [3.63, 3.8) is 0 Å². The van der Waals surface area contributed by atoms with Crippen LogP contribution < -0.4 is 5.32 Å². The normalized spacial score (nSPS) is 24.4. The molecule has 80 valence electrons. The van der Waals surface area contributed by atoms with Gasteiger partial charge in [-0.05, 0) is 30.5 Å². The minimum Gasteiger partial charge on any atom is -0.461 e. The van der Waals surface area contributed by atoms with Crippen molar-refractivity contribution >= 4 is 12.0 Å². The van der Waals surface area contributed by atoms with Crippen molar-refractivity contribution in [1.29, 1.82) is 0 Å². The zero-order valence-electron chi connectivity index (χ0n) is 8.99. The number of carbonyl (C=O) groups is 1. The van der Waals surface area contributed by atoms with Gasteiger partial charge in [0.25, 0.3) is 0 Å². The highest BCUT2D eigenvalue weighted by Gasteiger charge is 2.36. The van der Waals surface area contributed by atoms with Gasteiger partial charge < -0.3 is 9.73 Å². The molecule has 1 saturated carbocycles. The van der Waals surface area contributed by atoms with Gasteiger partial charge in [0.2, 0.25) is 5.91 Å². The Bertz CT molecular complexity index is 392. The predicted octanol–water partition coefficient (Wildman–Crippen LogP) is 2.16. The lowest BCUT2D eigenvalue weighted by molar-refractivity contribution is -0.115. The Labute approximate surface area is 89.2 Å². The highest BCUT2D eigenvalue weighted by Crippen LogP contribution is 2.47. The first kappa shape index (κ1) is 10.0. The molecular weight excluding hydrogens is 190 g/mol. The Morgan fingerprint density at radius 1 is 1.60 bits per heavy atom. The number of carbonyl (C=O) groups excluding carboxylic acids is 1. The van der Waals surface area contributed by atoms with Gasteiger partial charge in [-0.1, -0.05) is 6.92 Å². The Morgan fingerprint density at radius 3 is 2.93 bits per heavy atom. The number of hydrogen-bond acceptors (Lipinski definition) is 2. The Morgan fingerprint density at radius 2 is 2.33 bits per heavy atom. The molecule has 1 aliphatic carbocycles. The van der Waals surface area contributed by atoms with E-state index in [-0.39, 0.29) is 5.91 Å². The molecule has 1 fully saturated rings. The molecule has 2 atom stereocenters. The summed E-state index contributed by atoms with van der Waals surface area (Å²) in [5, 5.41) is 2.52. The summed E-state index contributed by atoms with van der Waals surface area (Å²) in [6, 6.07) is 3.90. The first-order valence-electron chi connectivity index (χ1n) is 5.20. The van der Waals surface area contributed by atoms with Crippen molar-refractivity contribution < 1.29 is 9.21 Å². The maximum atomic E-state index is 11.0. The fourth-order valence-electron chi connectivity index (χ4n) is 1.62. The van der Waals surface area contributed by atoms with E-state index in [1.165, 1.54) is 12.5 Å². The zero-order chi connectivity index (χ0) is 10.8. The molecule has 0 aliphatic heterocycles. The monoisotopic (exact) mass is 205 g/mol. The number of nitrogens with one attached hydrogen (secondary N) is 1. The van der Waals surface area contributed by atoms with Crippen molar-refractivity contribution in [3.05, 3.63) is 29.7 Å². The maximum absolute atomic E-state index is 11.0. The van der Waals surface area contributed by atoms with E-state index in [1.807, 2.05) is 12.1 Å². The third-order valence-corrected chi connectivity index (χ3v) is 2.77. The molecule has 1 amide bonds. The fraction of sp³-hybridized carbons (Fsp3) is 0.417. The van der Waals surface area contributed by atoms with Crippen molar-refractivity contribution in [1.82, 2.24) is 5.32 Å². The predicted molar refractivity (Wildman–Crippen MR) is 58.3 cm³/mol. The summed E-state index contributed by atoms with van der Waals surface area (Å²) >= 11 is 0. The summed E-state index contributed by atoms with van der Waals surface area (Å²) in [6.07, 6.45) is 4.38. The Hall–Kier alpha value is -1.51. The minimum absolute atomic E-state index is 0.118. The summed E-state index contributed by atoms with van der Waals surface area (Å²) in [7, 11) is 1.60. The Kier molecular flexibility index (Phi) is 2.62. The largest absolute Gasteiger partial charge is 0.461 e. The summed E-state index contributed by atoms with van der Waals surface area (Å²) in [5.74, 6) is 3.00. The van der Waals surface area contributed by atoms with Crippen LogP contribution in [0.5, 0.6) is 0 Å². The van der Waals surface area contributed by atoms with Gasteiger partial charge in [-0.15, -0.1) is 0 Å². The van der Waals surface area contributed by atoms with E-state index in [1.54, 1.807) is 13.1 Å².